The van der Waals surface area contributed by atoms with E-state index < -0.39 is 28.5 Å². The lowest BCUT2D eigenvalue weighted by atomic mass is 10.2. The molecule has 0 aliphatic heterocycles. The van der Waals surface area contributed by atoms with Gasteiger partial charge in [0.2, 0.25) is 0 Å². The number of phenolic OH excluding ortho intramolecular Hbond substituents is 1. The molecule has 100 valence electrons. The van der Waals surface area contributed by atoms with Crippen LogP contribution in [-0.2, 0) is 0 Å². The van der Waals surface area contributed by atoms with Crippen molar-refractivity contribution in [2.45, 2.75) is 5.51 Å². The minimum Gasteiger partial charge on any atom is -0.507 e. The molecule has 1 amide bonds. The van der Waals surface area contributed by atoms with E-state index >= 15 is 0 Å². The highest BCUT2D eigenvalue weighted by molar-refractivity contribution is 8.00. The molecule has 0 saturated carbocycles. The average molecular weight is 283 g/mol. The first-order chi connectivity index (χ1) is 8.31. The van der Waals surface area contributed by atoms with Crippen LogP contribution in [0.3, 0.4) is 0 Å². The molecule has 0 saturated heterocycles. The topological polar surface area (TPSA) is 49.3 Å². The number of aromatic hydroxyl groups is 1. The summed E-state index contributed by atoms with van der Waals surface area (Å²) in [7, 11) is 0. The van der Waals surface area contributed by atoms with Gasteiger partial charge in [0.25, 0.3) is 5.91 Å². The van der Waals surface area contributed by atoms with Gasteiger partial charge in [-0.2, -0.15) is 13.2 Å². The third-order valence-corrected chi connectivity index (χ3v) is 2.61. The summed E-state index contributed by atoms with van der Waals surface area (Å²) in [6.07, 6.45) is 0. The van der Waals surface area contributed by atoms with Crippen LogP contribution in [0.15, 0.2) is 18.2 Å². The van der Waals surface area contributed by atoms with Gasteiger partial charge in [0.05, 0.1) is 0 Å². The molecule has 0 spiro atoms. The van der Waals surface area contributed by atoms with Crippen molar-refractivity contribution in [3.63, 3.8) is 0 Å². The maximum Gasteiger partial charge on any atom is 0.441 e. The lowest BCUT2D eigenvalue weighted by Crippen LogP contribution is -2.27. The van der Waals surface area contributed by atoms with E-state index in [1.165, 1.54) is 6.07 Å². The van der Waals surface area contributed by atoms with Crippen molar-refractivity contribution in [2.75, 3.05) is 12.3 Å². The summed E-state index contributed by atoms with van der Waals surface area (Å²) in [5.74, 6) is -2.83. The van der Waals surface area contributed by atoms with E-state index in [9.17, 15) is 27.5 Å². The Morgan fingerprint density at radius 2 is 2.06 bits per heavy atom. The fourth-order valence-electron chi connectivity index (χ4n) is 1.16. The van der Waals surface area contributed by atoms with Gasteiger partial charge in [0, 0.05) is 12.3 Å². The second-order valence-electron chi connectivity index (χ2n) is 3.18. The van der Waals surface area contributed by atoms with Crippen LogP contribution >= 0.6 is 11.8 Å². The zero-order valence-corrected chi connectivity index (χ0v) is 9.74. The Kier molecular flexibility index (Phi) is 4.83. The van der Waals surface area contributed by atoms with Crippen molar-refractivity contribution in [1.82, 2.24) is 5.32 Å². The van der Waals surface area contributed by atoms with Gasteiger partial charge in [0.15, 0.2) is 0 Å². The molecule has 8 heteroatoms. The van der Waals surface area contributed by atoms with Crippen LogP contribution in [0.1, 0.15) is 10.4 Å². The standard InChI is InChI=1S/C10H9F4NO2S/c11-6-2-1-3-7(16)8(6)9(17)15-4-5-18-10(12,13)14/h1-3,16H,4-5H2,(H,15,17). The van der Waals surface area contributed by atoms with Crippen LogP contribution in [0.25, 0.3) is 0 Å². The summed E-state index contributed by atoms with van der Waals surface area (Å²) < 4.78 is 48.5. The van der Waals surface area contributed by atoms with Crippen LogP contribution in [0.2, 0.25) is 0 Å². The number of hydrogen-bond acceptors (Lipinski definition) is 3. The Labute approximate surface area is 104 Å². The maximum atomic E-state index is 13.2. The van der Waals surface area contributed by atoms with Crippen LogP contribution in [0, 0.1) is 5.82 Å². The fourth-order valence-corrected chi connectivity index (χ4v) is 1.59. The average Bonchev–Trinajstić information content (AvgIpc) is 2.23. The second-order valence-corrected chi connectivity index (χ2v) is 4.34. The zero-order chi connectivity index (χ0) is 13.8. The maximum absolute atomic E-state index is 13.2. The van der Waals surface area contributed by atoms with Gasteiger partial charge < -0.3 is 10.4 Å². The zero-order valence-electron chi connectivity index (χ0n) is 8.92. The Hall–Kier alpha value is -1.44. The summed E-state index contributed by atoms with van der Waals surface area (Å²) in [4.78, 5) is 11.4. The Morgan fingerprint density at radius 3 is 2.61 bits per heavy atom. The normalized spacial score (nSPS) is 11.3. The van der Waals surface area contributed by atoms with Crippen LogP contribution in [-0.4, -0.2) is 28.8 Å². The highest BCUT2D eigenvalue weighted by atomic mass is 32.2. The third-order valence-electron chi connectivity index (χ3n) is 1.87. The molecule has 0 aromatic heterocycles. The van der Waals surface area contributed by atoms with Crippen LogP contribution in [0.5, 0.6) is 5.75 Å². The summed E-state index contributed by atoms with van der Waals surface area (Å²) in [5, 5.41) is 11.4. The number of carbonyl (C=O) groups excluding carboxylic acids is 1. The lowest BCUT2D eigenvalue weighted by Gasteiger charge is -2.08. The van der Waals surface area contributed by atoms with E-state index in [1.807, 2.05) is 0 Å². The number of alkyl halides is 3. The number of phenols is 1. The molecule has 3 nitrogen and oxygen atoms in total. The predicted octanol–water partition coefficient (Wildman–Crippen LogP) is 2.51. The molecule has 0 fully saturated rings. The summed E-state index contributed by atoms with van der Waals surface area (Å²) in [6.45, 7) is -0.281. The molecule has 1 aromatic carbocycles. The number of carbonyl (C=O) groups is 1. The number of halogens is 4. The lowest BCUT2D eigenvalue weighted by molar-refractivity contribution is -0.0327. The summed E-state index contributed by atoms with van der Waals surface area (Å²) in [6, 6.07) is 3.29. The smallest absolute Gasteiger partial charge is 0.441 e. The number of amides is 1. The van der Waals surface area contributed by atoms with E-state index in [0.717, 1.165) is 12.1 Å². The van der Waals surface area contributed by atoms with Gasteiger partial charge in [-0.05, 0) is 23.9 Å². The first-order valence-corrected chi connectivity index (χ1v) is 5.76. The van der Waals surface area contributed by atoms with Gasteiger partial charge in [-0.25, -0.2) is 4.39 Å². The first kappa shape index (κ1) is 14.6. The Bertz CT molecular complexity index is 416. The summed E-state index contributed by atoms with van der Waals surface area (Å²) >= 11 is -0.292. The van der Waals surface area contributed by atoms with Crippen molar-refractivity contribution in [1.29, 1.82) is 0 Å². The SMILES string of the molecule is O=C(NCCSC(F)(F)F)c1c(O)cccc1F. The molecule has 2 N–H and O–H groups in total. The number of benzene rings is 1. The van der Waals surface area contributed by atoms with E-state index in [4.69, 9.17) is 0 Å². The van der Waals surface area contributed by atoms with E-state index in [1.54, 1.807) is 0 Å². The number of hydrogen-bond donors (Lipinski definition) is 2. The molecule has 0 aliphatic carbocycles. The van der Waals surface area contributed by atoms with Gasteiger partial charge >= 0.3 is 5.51 Å². The Balaban J connectivity index is 2.51. The predicted molar refractivity (Wildman–Crippen MR) is 58.9 cm³/mol. The van der Waals surface area contributed by atoms with Crippen molar-refractivity contribution in [2.24, 2.45) is 0 Å². The Morgan fingerprint density at radius 1 is 1.39 bits per heavy atom. The molecular formula is C10H9F4NO2S. The quantitative estimate of drug-likeness (QED) is 0.659. The van der Waals surface area contributed by atoms with Crippen LogP contribution < -0.4 is 5.32 Å². The molecule has 0 heterocycles. The molecule has 18 heavy (non-hydrogen) atoms. The van der Waals surface area contributed by atoms with Crippen molar-refractivity contribution in [3.8, 4) is 5.75 Å². The molecule has 0 bridgehead atoms. The minimum absolute atomic E-state index is 0.281. The molecular weight excluding hydrogens is 274 g/mol. The van der Waals surface area contributed by atoms with Gasteiger partial charge in [-0.1, -0.05) is 6.07 Å². The van der Waals surface area contributed by atoms with E-state index in [2.05, 4.69) is 5.32 Å². The molecule has 1 rings (SSSR count). The monoisotopic (exact) mass is 283 g/mol. The van der Waals surface area contributed by atoms with Gasteiger partial charge in [-0.3, -0.25) is 4.79 Å². The highest BCUT2D eigenvalue weighted by Crippen LogP contribution is 2.29. The fraction of sp³-hybridized carbons (Fsp3) is 0.300. The molecule has 0 aliphatic rings. The van der Waals surface area contributed by atoms with Crippen molar-refractivity contribution in [3.05, 3.63) is 29.6 Å². The second kappa shape index (κ2) is 5.94. The van der Waals surface area contributed by atoms with Gasteiger partial charge in [-0.15, -0.1) is 0 Å². The largest absolute Gasteiger partial charge is 0.507 e. The molecule has 0 unspecified atom stereocenters. The third kappa shape index (κ3) is 4.44. The minimum atomic E-state index is -4.37. The van der Waals surface area contributed by atoms with Crippen LogP contribution in [0.4, 0.5) is 17.6 Å². The van der Waals surface area contributed by atoms with Crippen molar-refractivity contribution >= 4 is 17.7 Å². The first-order valence-electron chi connectivity index (χ1n) is 4.77. The molecule has 1 aromatic rings. The number of thioether (sulfide) groups is 1. The molecule has 0 atom stereocenters. The van der Waals surface area contributed by atoms with E-state index in [-0.39, 0.29) is 24.1 Å². The van der Waals surface area contributed by atoms with E-state index in [0.29, 0.717) is 0 Å². The number of rotatable bonds is 4. The molecule has 0 radical (unpaired) electrons. The summed E-state index contributed by atoms with van der Waals surface area (Å²) in [5.41, 5.74) is -4.94. The van der Waals surface area contributed by atoms with Gasteiger partial charge in [0.1, 0.15) is 17.1 Å². The number of nitrogens with one attached hydrogen (secondary N) is 1. The van der Waals surface area contributed by atoms with Crippen molar-refractivity contribution < 1.29 is 27.5 Å². The highest BCUT2D eigenvalue weighted by Gasteiger charge is 2.27.